The Labute approximate surface area is 120 Å². The van der Waals surface area contributed by atoms with Gasteiger partial charge in [-0.25, -0.2) is 0 Å². The number of hydrogen-bond donors (Lipinski definition) is 2. The first-order chi connectivity index (χ1) is 9.79. The largest absolute Gasteiger partial charge is 0.392 e. The van der Waals surface area contributed by atoms with E-state index in [1.54, 1.807) is 0 Å². The van der Waals surface area contributed by atoms with Crippen LogP contribution in [0.3, 0.4) is 0 Å². The molecule has 0 amide bonds. The second-order valence-electron chi connectivity index (χ2n) is 4.93. The number of rotatable bonds is 6. The molecule has 0 saturated carbocycles. The van der Waals surface area contributed by atoms with Crippen LogP contribution in [0.25, 0.3) is 6.08 Å². The molecule has 2 N–H and O–H groups in total. The first kappa shape index (κ1) is 14.5. The summed E-state index contributed by atoms with van der Waals surface area (Å²) in [7, 11) is 0. The van der Waals surface area contributed by atoms with Gasteiger partial charge in [-0.2, -0.15) is 0 Å². The van der Waals surface area contributed by atoms with Crippen LogP contribution in [-0.2, 0) is 13.2 Å². The topological polar surface area (TPSA) is 32.3 Å². The third kappa shape index (κ3) is 4.34. The maximum atomic E-state index is 9.28. The van der Waals surface area contributed by atoms with E-state index in [4.69, 9.17) is 0 Å². The van der Waals surface area contributed by atoms with Crippen LogP contribution in [0.15, 0.2) is 60.2 Å². The van der Waals surface area contributed by atoms with Crippen LogP contribution in [0.1, 0.15) is 23.6 Å². The zero-order valence-corrected chi connectivity index (χ0v) is 11.8. The molecular weight excluding hydrogens is 246 g/mol. The molecule has 0 fully saturated rings. The standard InChI is InChI=1S/C18H21NO/c1-15(11-16-7-3-2-4-8-16)12-19-13-17-9-5-6-10-18(17)14-20/h2-11,19-20H,12-14H2,1H3. The quantitative estimate of drug-likeness (QED) is 0.841. The smallest absolute Gasteiger partial charge is 0.0685 e. The molecule has 2 heteroatoms. The maximum Gasteiger partial charge on any atom is 0.0685 e. The highest BCUT2D eigenvalue weighted by Gasteiger charge is 1.99. The van der Waals surface area contributed by atoms with Crippen molar-refractivity contribution >= 4 is 6.08 Å². The maximum absolute atomic E-state index is 9.28. The fraction of sp³-hybridized carbons (Fsp3) is 0.222. The molecule has 0 aliphatic rings. The fourth-order valence-corrected chi connectivity index (χ4v) is 2.16. The van der Waals surface area contributed by atoms with E-state index in [9.17, 15) is 5.11 Å². The van der Waals surface area contributed by atoms with Gasteiger partial charge in [0.15, 0.2) is 0 Å². The molecule has 0 heterocycles. The summed E-state index contributed by atoms with van der Waals surface area (Å²) in [4.78, 5) is 0. The van der Waals surface area contributed by atoms with E-state index in [0.717, 1.165) is 24.2 Å². The molecular formula is C18H21NO. The van der Waals surface area contributed by atoms with Crippen LogP contribution in [0.4, 0.5) is 0 Å². The Morgan fingerprint density at radius 1 is 1.00 bits per heavy atom. The molecule has 0 aromatic heterocycles. The van der Waals surface area contributed by atoms with Gasteiger partial charge in [0.25, 0.3) is 0 Å². The van der Waals surface area contributed by atoms with Crippen LogP contribution >= 0.6 is 0 Å². The van der Waals surface area contributed by atoms with E-state index in [1.165, 1.54) is 11.1 Å². The first-order valence-corrected chi connectivity index (χ1v) is 6.90. The minimum absolute atomic E-state index is 0.0939. The Kier molecular flexibility index (Phi) is 5.54. The van der Waals surface area contributed by atoms with Crippen LogP contribution in [0, 0.1) is 0 Å². The lowest BCUT2D eigenvalue weighted by atomic mass is 10.1. The Morgan fingerprint density at radius 2 is 1.65 bits per heavy atom. The number of benzene rings is 2. The fourth-order valence-electron chi connectivity index (χ4n) is 2.16. The highest BCUT2D eigenvalue weighted by molar-refractivity contribution is 5.52. The normalized spacial score (nSPS) is 11.6. The second kappa shape index (κ2) is 7.63. The highest BCUT2D eigenvalue weighted by Crippen LogP contribution is 2.09. The average Bonchev–Trinajstić information content (AvgIpc) is 2.49. The van der Waals surface area contributed by atoms with Gasteiger partial charge in [-0.3, -0.25) is 0 Å². The molecule has 0 spiro atoms. The van der Waals surface area contributed by atoms with Crippen molar-refractivity contribution in [3.05, 3.63) is 76.9 Å². The monoisotopic (exact) mass is 267 g/mol. The van der Waals surface area contributed by atoms with Crippen molar-refractivity contribution in [2.24, 2.45) is 0 Å². The lowest BCUT2D eigenvalue weighted by Crippen LogP contribution is -2.16. The van der Waals surface area contributed by atoms with E-state index in [1.807, 2.05) is 36.4 Å². The number of nitrogens with one attached hydrogen (secondary N) is 1. The molecule has 0 bridgehead atoms. The molecule has 0 unspecified atom stereocenters. The molecule has 0 radical (unpaired) electrons. The third-order valence-corrected chi connectivity index (χ3v) is 3.22. The molecule has 2 nitrogen and oxygen atoms in total. The van der Waals surface area contributed by atoms with Crippen molar-refractivity contribution < 1.29 is 5.11 Å². The summed E-state index contributed by atoms with van der Waals surface area (Å²) in [5.41, 5.74) is 4.66. The van der Waals surface area contributed by atoms with E-state index < -0.39 is 0 Å². The van der Waals surface area contributed by atoms with Crippen LogP contribution < -0.4 is 5.32 Å². The van der Waals surface area contributed by atoms with Gasteiger partial charge in [0, 0.05) is 13.1 Å². The number of aliphatic hydroxyl groups is 1. The predicted molar refractivity (Wildman–Crippen MR) is 84.2 cm³/mol. The molecule has 2 rings (SSSR count). The van der Waals surface area contributed by atoms with Gasteiger partial charge in [0.2, 0.25) is 0 Å². The Morgan fingerprint density at radius 3 is 2.35 bits per heavy atom. The van der Waals surface area contributed by atoms with Gasteiger partial charge in [0.05, 0.1) is 6.61 Å². The van der Waals surface area contributed by atoms with Gasteiger partial charge >= 0.3 is 0 Å². The Bertz CT molecular complexity index is 561. The van der Waals surface area contributed by atoms with E-state index >= 15 is 0 Å². The summed E-state index contributed by atoms with van der Waals surface area (Å²) in [6, 6.07) is 18.3. The molecule has 0 aliphatic heterocycles. The minimum Gasteiger partial charge on any atom is -0.392 e. The van der Waals surface area contributed by atoms with Crippen LogP contribution in [0.2, 0.25) is 0 Å². The predicted octanol–water partition coefficient (Wildman–Crippen LogP) is 3.37. The lowest BCUT2D eigenvalue weighted by molar-refractivity contribution is 0.280. The van der Waals surface area contributed by atoms with Crippen molar-refractivity contribution in [3.8, 4) is 0 Å². The third-order valence-electron chi connectivity index (χ3n) is 3.22. The lowest BCUT2D eigenvalue weighted by Gasteiger charge is -2.09. The average molecular weight is 267 g/mol. The molecule has 2 aromatic rings. The van der Waals surface area contributed by atoms with E-state index in [2.05, 4.69) is 36.5 Å². The molecule has 20 heavy (non-hydrogen) atoms. The van der Waals surface area contributed by atoms with Gasteiger partial charge in [0.1, 0.15) is 0 Å². The van der Waals surface area contributed by atoms with Crippen molar-refractivity contribution in [1.29, 1.82) is 0 Å². The van der Waals surface area contributed by atoms with Crippen molar-refractivity contribution in [3.63, 3.8) is 0 Å². The summed E-state index contributed by atoms with van der Waals surface area (Å²) >= 11 is 0. The van der Waals surface area contributed by atoms with Crippen molar-refractivity contribution in [1.82, 2.24) is 5.32 Å². The summed E-state index contributed by atoms with van der Waals surface area (Å²) in [6.45, 7) is 3.83. The first-order valence-electron chi connectivity index (χ1n) is 6.90. The molecule has 0 saturated heterocycles. The highest BCUT2D eigenvalue weighted by atomic mass is 16.3. The SMILES string of the molecule is CC(=Cc1ccccc1)CNCc1ccccc1CO. The number of aliphatic hydroxyl groups excluding tert-OH is 1. The molecule has 2 aromatic carbocycles. The second-order valence-corrected chi connectivity index (χ2v) is 4.93. The van der Waals surface area contributed by atoms with E-state index in [-0.39, 0.29) is 6.61 Å². The summed E-state index contributed by atoms with van der Waals surface area (Å²) < 4.78 is 0. The van der Waals surface area contributed by atoms with E-state index in [0.29, 0.717) is 0 Å². The molecule has 0 atom stereocenters. The van der Waals surface area contributed by atoms with Gasteiger partial charge in [-0.15, -0.1) is 0 Å². The van der Waals surface area contributed by atoms with Gasteiger partial charge in [-0.05, 0) is 23.6 Å². The molecule has 104 valence electrons. The van der Waals surface area contributed by atoms with Crippen LogP contribution in [-0.4, -0.2) is 11.7 Å². The minimum atomic E-state index is 0.0939. The summed E-state index contributed by atoms with van der Waals surface area (Å²) in [6.07, 6.45) is 2.19. The van der Waals surface area contributed by atoms with Crippen LogP contribution in [0.5, 0.6) is 0 Å². The number of hydrogen-bond acceptors (Lipinski definition) is 2. The summed E-state index contributed by atoms with van der Waals surface area (Å²) in [5.74, 6) is 0. The Balaban J connectivity index is 1.88. The summed E-state index contributed by atoms with van der Waals surface area (Å²) in [5, 5.41) is 12.7. The Hall–Kier alpha value is -1.90. The van der Waals surface area contributed by atoms with Gasteiger partial charge in [-0.1, -0.05) is 66.2 Å². The van der Waals surface area contributed by atoms with Crippen molar-refractivity contribution in [2.75, 3.05) is 6.54 Å². The molecule has 0 aliphatic carbocycles. The zero-order chi connectivity index (χ0) is 14.2. The van der Waals surface area contributed by atoms with Gasteiger partial charge < -0.3 is 10.4 Å². The van der Waals surface area contributed by atoms with Crippen molar-refractivity contribution in [2.45, 2.75) is 20.1 Å². The zero-order valence-electron chi connectivity index (χ0n) is 11.8.